The molecule has 0 N–H and O–H groups in total. The van der Waals surface area contributed by atoms with Crippen LogP contribution in [0.25, 0.3) is 11.4 Å². The van der Waals surface area contributed by atoms with Crippen LogP contribution in [0.15, 0.2) is 43.2 Å². The molecule has 134 valence electrons. The average Bonchev–Trinajstić information content (AvgIpc) is 2.68. The summed E-state index contributed by atoms with van der Waals surface area (Å²) in [5.41, 5.74) is 1.18. The van der Waals surface area contributed by atoms with E-state index in [1.54, 1.807) is 18.5 Å². The van der Waals surface area contributed by atoms with Crippen LogP contribution in [0.1, 0.15) is 18.4 Å². The summed E-state index contributed by atoms with van der Waals surface area (Å²) in [7, 11) is 0. The minimum Gasteiger partial charge on any atom is -0.342 e. The summed E-state index contributed by atoms with van der Waals surface area (Å²) in [5.74, 6) is 6.14. The van der Waals surface area contributed by atoms with Crippen LogP contribution in [0.4, 0.5) is 4.39 Å². The first-order chi connectivity index (χ1) is 12.7. The van der Waals surface area contributed by atoms with Crippen LogP contribution in [0.3, 0.4) is 0 Å². The zero-order valence-corrected chi connectivity index (χ0v) is 14.9. The Kier molecular flexibility index (Phi) is 6.35. The minimum atomic E-state index is -0.542. The largest absolute Gasteiger partial charge is 0.342 e. The van der Waals surface area contributed by atoms with E-state index in [1.165, 1.54) is 12.1 Å². The summed E-state index contributed by atoms with van der Waals surface area (Å²) in [4.78, 5) is 8.43. The number of aromatic nitrogens is 2. The van der Waals surface area contributed by atoms with Gasteiger partial charge in [-0.05, 0) is 37.0 Å². The Morgan fingerprint density at radius 1 is 1.27 bits per heavy atom. The molecule has 1 aromatic carbocycles. The van der Waals surface area contributed by atoms with Gasteiger partial charge in [0.25, 0.3) is 0 Å². The highest BCUT2D eigenvalue weighted by Gasteiger charge is 2.19. The van der Waals surface area contributed by atoms with E-state index >= 15 is 0 Å². The van der Waals surface area contributed by atoms with Gasteiger partial charge in [0.15, 0.2) is 5.82 Å². The third-order valence-corrected chi connectivity index (χ3v) is 4.22. The summed E-state index contributed by atoms with van der Waals surface area (Å²) in [6.07, 6.45) is 6.47. The molecule has 0 spiro atoms. The Morgan fingerprint density at radius 3 is 2.65 bits per heavy atom. The maximum atomic E-state index is 13.5. The topological polar surface area (TPSA) is 44.2 Å². The van der Waals surface area contributed by atoms with Gasteiger partial charge in [-0.2, -0.15) is 0 Å². The fourth-order valence-electron chi connectivity index (χ4n) is 2.47. The van der Waals surface area contributed by atoms with Crippen molar-refractivity contribution < 1.29 is 13.9 Å². The van der Waals surface area contributed by atoms with Gasteiger partial charge in [0.1, 0.15) is 5.82 Å². The second kappa shape index (κ2) is 8.91. The molecule has 0 atom stereocenters. The zero-order valence-electron chi connectivity index (χ0n) is 14.1. The van der Waals surface area contributed by atoms with Crippen molar-refractivity contribution in [3.63, 3.8) is 0 Å². The maximum absolute atomic E-state index is 13.5. The normalized spacial score (nSPS) is 19.5. The van der Waals surface area contributed by atoms with Crippen LogP contribution in [0.5, 0.6) is 0 Å². The highest BCUT2D eigenvalue weighted by molar-refractivity contribution is 6.30. The lowest BCUT2D eigenvalue weighted by molar-refractivity contribution is -0.169. The fraction of sp³-hybridized carbons (Fsp3) is 0.300. The lowest BCUT2D eigenvalue weighted by Crippen LogP contribution is -2.31. The van der Waals surface area contributed by atoms with Crippen LogP contribution in [-0.2, 0) is 9.47 Å². The van der Waals surface area contributed by atoms with Crippen LogP contribution in [0, 0.1) is 23.6 Å². The summed E-state index contributed by atoms with van der Waals surface area (Å²) >= 11 is 5.68. The van der Waals surface area contributed by atoms with Crippen molar-refractivity contribution in [1.29, 1.82) is 0 Å². The molecule has 0 aliphatic carbocycles. The van der Waals surface area contributed by atoms with E-state index in [0.29, 0.717) is 36.1 Å². The van der Waals surface area contributed by atoms with Gasteiger partial charge < -0.3 is 9.47 Å². The SMILES string of the molecule is C=CCC[C@H]1CO[C@H](C#Cc2cnc(-c3ccc(Cl)c(F)c3)nc2)OC1. The molecule has 0 radical (unpaired) electrons. The highest BCUT2D eigenvalue weighted by Crippen LogP contribution is 2.21. The quantitative estimate of drug-likeness (QED) is 0.594. The van der Waals surface area contributed by atoms with Crippen molar-refractivity contribution >= 4 is 11.6 Å². The Bertz CT molecular complexity index is 822. The average molecular weight is 373 g/mol. The van der Waals surface area contributed by atoms with Crippen LogP contribution in [-0.4, -0.2) is 29.5 Å². The summed E-state index contributed by atoms with van der Waals surface area (Å²) in [6.45, 7) is 4.98. The molecular weight excluding hydrogens is 355 g/mol. The smallest absolute Gasteiger partial charge is 0.222 e. The van der Waals surface area contributed by atoms with E-state index < -0.39 is 12.1 Å². The first-order valence-corrected chi connectivity index (χ1v) is 8.66. The number of rotatable bonds is 4. The highest BCUT2D eigenvalue weighted by atomic mass is 35.5. The third-order valence-electron chi connectivity index (χ3n) is 3.91. The standard InChI is InChI=1S/C20H18ClFN2O2/c1-2-3-4-15-12-25-19(26-13-15)8-5-14-10-23-20(24-11-14)16-6-7-17(21)18(22)9-16/h2,6-7,9-11,15,19H,1,3-4,12-13H2/t15-,19-. The van der Waals surface area contributed by atoms with Crippen molar-refractivity contribution in [2.75, 3.05) is 13.2 Å². The predicted molar refractivity (Wildman–Crippen MR) is 97.9 cm³/mol. The number of ether oxygens (including phenoxy) is 2. The third kappa shape index (κ3) is 4.89. The second-order valence-corrected chi connectivity index (χ2v) is 6.33. The molecule has 6 heteroatoms. The summed E-state index contributed by atoms with van der Waals surface area (Å²) in [6, 6.07) is 4.44. The Hall–Kier alpha value is -2.26. The lowest BCUT2D eigenvalue weighted by Gasteiger charge is -2.26. The maximum Gasteiger partial charge on any atom is 0.222 e. The number of hydrogen-bond donors (Lipinski definition) is 0. The van der Waals surface area contributed by atoms with E-state index in [1.807, 2.05) is 6.08 Å². The number of benzene rings is 1. The van der Waals surface area contributed by atoms with E-state index in [0.717, 1.165) is 12.8 Å². The number of nitrogens with zero attached hydrogens (tertiary/aromatic N) is 2. The minimum absolute atomic E-state index is 0.0652. The zero-order chi connectivity index (χ0) is 18.4. The molecule has 0 unspecified atom stereocenters. The van der Waals surface area contributed by atoms with E-state index in [4.69, 9.17) is 21.1 Å². The fourth-order valence-corrected chi connectivity index (χ4v) is 2.58. The van der Waals surface area contributed by atoms with Crippen LogP contribution in [0.2, 0.25) is 5.02 Å². The molecule has 1 fully saturated rings. The molecule has 0 bridgehead atoms. The van der Waals surface area contributed by atoms with Gasteiger partial charge in [0.05, 0.1) is 23.8 Å². The van der Waals surface area contributed by atoms with Crippen molar-refractivity contribution in [2.45, 2.75) is 19.1 Å². The van der Waals surface area contributed by atoms with E-state index in [-0.39, 0.29) is 5.02 Å². The molecule has 2 aromatic rings. The molecule has 26 heavy (non-hydrogen) atoms. The predicted octanol–water partition coefficient (Wildman–Crippen LogP) is 4.24. The molecule has 0 amide bonds. The molecule has 1 saturated heterocycles. The second-order valence-electron chi connectivity index (χ2n) is 5.92. The molecule has 0 saturated carbocycles. The lowest BCUT2D eigenvalue weighted by atomic mass is 10.1. The summed E-state index contributed by atoms with van der Waals surface area (Å²) in [5, 5.41) is 0.0652. The first kappa shape index (κ1) is 18.5. The molecular formula is C20H18ClFN2O2. The van der Waals surface area contributed by atoms with Crippen molar-refractivity contribution in [1.82, 2.24) is 9.97 Å². The summed E-state index contributed by atoms with van der Waals surface area (Å²) < 4.78 is 24.7. The molecule has 4 nitrogen and oxygen atoms in total. The van der Waals surface area contributed by atoms with Crippen LogP contribution < -0.4 is 0 Å². The van der Waals surface area contributed by atoms with Crippen molar-refractivity contribution in [3.05, 3.63) is 59.7 Å². The van der Waals surface area contributed by atoms with Gasteiger partial charge in [-0.15, -0.1) is 6.58 Å². The van der Waals surface area contributed by atoms with Gasteiger partial charge in [-0.3, -0.25) is 0 Å². The Morgan fingerprint density at radius 2 is 2.00 bits per heavy atom. The van der Waals surface area contributed by atoms with Gasteiger partial charge in [0, 0.05) is 23.9 Å². The number of halogens is 2. The molecule has 1 aliphatic rings. The van der Waals surface area contributed by atoms with E-state index in [9.17, 15) is 4.39 Å². The number of allylic oxidation sites excluding steroid dienone is 1. The monoisotopic (exact) mass is 372 g/mol. The number of hydrogen-bond acceptors (Lipinski definition) is 4. The van der Waals surface area contributed by atoms with Crippen LogP contribution >= 0.6 is 11.6 Å². The van der Waals surface area contributed by atoms with Gasteiger partial charge in [0.2, 0.25) is 6.29 Å². The first-order valence-electron chi connectivity index (χ1n) is 8.29. The molecule has 1 aliphatic heterocycles. The van der Waals surface area contributed by atoms with Crippen molar-refractivity contribution in [3.8, 4) is 23.2 Å². The van der Waals surface area contributed by atoms with Gasteiger partial charge >= 0.3 is 0 Å². The Balaban J connectivity index is 1.59. The Labute approximate surface area is 157 Å². The van der Waals surface area contributed by atoms with E-state index in [2.05, 4.69) is 28.4 Å². The molecule has 3 rings (SSSR count). The molecule has 1 aromatic heterocycles. The molecule has 2 heterocycles. The van der Waals surface area contributed by atoms with Crippen molar-refractivity contribution in [2.24, 2.45) is 5.92 Å². The van der Waals surface area contributed by atoms with Gasteiger partial charge in [-0.1, -0.05) is 23.6 Å². The van der Waals surface area contributed by atoms with Gasteiger partial charge in [-0.25, -0.2) is 14.4 Å².